The molecule has 0 N–H and O–H groups in total. The molecule has 1 heterocycles. The number of benzene rings is 1. The summed E-state index contributed by atoms with van der Waals surface area (Å²) in [5, 5.41) is 10.2. The minimum Gasteiger partial charge on any atom is -0.469 e. The second-order valence-electron chi connectivity index (χ2n) is 4.41. The van der Waals surface area contributed by atoms with E-state index in [1.165, 1.54) is 7.11 Å². The van der Waals surface area contributed by atoms with Crippen LogP contribution in [0.2, 0.25) is 0 Å². The highest BCUT2D eigenvalue weighted by Crippen LogP contribution is 2.22. The van der Waals surface area contributed by atoms with Gasteiger partial charge in [-0.05, 0) is 12.1 Å². The van der Waals surface area contributed by atoms with Crippen LogP contribution in [0.1, 0.15) is 12.0 Å². The normalized spacial score (nSPS) is 10.1. The van der Waals surface area contributed by atoms with Gasteiger partial charge in [-0.3, -0.25) is 4.79 Å². The Kier molecular flexibility index (Phi) is 4.16. The number of anilines is 1. The van der Waals surface area contributed by atoms with Gasteiger partial charge in [0, 0.05) is 19.0 Å². The first-order chi connectivity index (χ1) is 9.65. The molecule has 0 aliphatic carbocycles. The van der Waals surface area contributed by atoms with Crippen molar-refractivity contribution in [2.45, 2.75) is 6.42 Å². The number of carbonyl (C=O) groups is 1. The van der Waals surface area contributed by atoms with Gasteiger partial charge in [0.1, 0.15) is 11.9 Å². The Labute approximate surface area is 117 Å². The molecule has 0 aliphatic heterocycles. The van der Waals surface area contributed by atoms with Crippen LogP contribution in [0.25, 0.3) is 10.9 Å². The van der Waals surface area contributed by atoms with E-state index in [0.717, 1.165) is 10.9 Å². The zero-order valence-corrected chi connectivity index (χ0v) is 11.5. The highest BCUT2D eigenvalue weighted by atomic mass is 16.5. The van der Waals surface area contributed by atoms with Crippen LogP contribution >= 0.6 is 0 Å². The predicted octanol–water partition coefficient (Wildman–Crippen LogP) is 2.11. The van der Waals surface area contributed by atoms with E-state index in [4.69, 9.17) is 0 Å². The van der Waals surface area contributed by atoms with E-state index in [1.54, 1.807) is 11.9 Å². The van der Waals surface area contributed by atoms with Crippen molar-refractivity contribution in [3.05, 3.63) is 35.9 Å². The summed E-state index contributed by atoms with van der Waals surface area (Å²) in [7, 11) is 3.16. The summed E-state index contributed by atoms with van der Waals surface area (Å²) in [6, 6.07) is 11.6. The number of carbonyl (C=O) groups excluding carboxylic acids is 1. The molecule has 0 aliphatic rings. The number of pyridine rings is 1. The average molecular weight is 269 g/mol. The third-order valence-electron chi connectivity index (χ3n) is 3.06. The lowest BCUT2D eigenvalue weighted by Gasteiger charge is -2.19. The standard InChI is InChI=1S/C15H15N3O2/c1-18(8-7-14(19)20-2)15-12(10-16)9-11-5-3-4-6-13(11)17-15/h3-6,9H,7-8H2,1-2H3. The molecule has 5 heteroatoms. The molecular weight excluding hydrogens is 254 g/mol. The Balaban J connectivity index is 2.32. The van der Waals surface area contributed by atoms with E-state index in [-0.39, 0.29) is 12.4 Å². The number of para-hydroxylation sites is 1. The van der Waals surface area contributed by atoms with Crippen LogP contribution in [0, 0.1) is 11.3 Å². The summed E-state index contributed by atoms with van der Waals surface area (Å²) in [6.45, 7) is 0.451. The number of aromatic nitrogens is 1. The van der Waals surface area contributed by atoms with Crippen molar-refractivity contribution in [3.63, 3.8) is 0 Å². The summed E-state index contributed by atoms with van der Waals surface area (Å²) < 4.78 is 4.61. The van der Waals surface area contributed by atoms with Crippen LogP contribution in [0.3, 0.4) is 0 Å². The lowest BCUT2D eigenvalue weighted by Crippen LogP contribution is -2.23. The van der Waals surface area contributed by atoms with Crippen LogP contribution in [-0.2, 0) is 9.53 Å². The molecule has 0 saturated carbocycles. The summed E-state index contributed by atoms with van der Waals surface area (Å²) in [5.41, 5.74) is 1.32. The topological polar surface area (TPSA) is 66.2 Å². The number of hydrogen-bond acceptors (Lipinski definition) is 5. The monoisotopic (exact) mass is 269 g/mol. The maximum absolute atomic E-state index is 11.2. The van der Waals surface area contributed by atoms with E-state index < -0.39 is 0 Å². The summed E-state index contributed by atoms with van der Waals surface area (Å²) in [6.07, 6.45) is 0.256. The quantitative estimate of drug-likeness (QED) is 0.795. The fourth-order valence-electron chi connectivity index (χ4n) is 1.95. The van der Waals surface area contributed by atoms with Gasteiger partial charge in [-0.1, -0.05) is 18.2 Å². The van der Waals surface area contributed by atoms with Crippen molar-refractivity contribution in [1.82, 2.24) is 4.98 Å². The van der Waals surface area contributed by atoms with Crippen molar-refractivity contribution < 1.29 is 9.53 Å². The van der Waals surface area contributed by atoms with E-state index in [1.807, 2.05) is 30.3 Å². The fourth-order valence-corrected chi connectivity index (χ4v) is 1.95. The molecule has 1 aromatic carbocycles. The number of nitrogens with zero attached hydrogens (tertiary/aromatic N) is 3. The first kappa shape index (κ1) is 13.8. The largest absolute Gasteiger partial charge is 0.469 e. The van der Waals surface area contributed by atoms with E-state index in [0.29, 0.717) is 17.9 Å². The Hall–Kier alpha value is -2.61. The van der Waals surface area contributed by atoms with Gasteiger partial charge in [0.05, 0.1) is 24.6 Å². The fraction of sp³-hybridized carbons (Fsp3) is 0.267. The Morgan fingerprint density at radius 2 is 2.20 bits per heavy atom. The predicted molar refractivity (Wildman–Crippen MR) is 76.4 cm³/mol. The van der Waals surface area contributed by atoms with Crippen LogP contribution < -0.4 is 4.90 Å². The number of esters is 1. The number of ether oxygens (including phenoxy) is 1. The number of rotatable bonds is 4. The molecule has 1 aromatic heterocycles. The van der Waals surface area contributed by atoms with Crippen LogP contribution in [-0.4, -0.2) is 31.7 Å². The van der Waals surface area contributed by atoms with Crippen LogP contribution in [0.4, 0.5) is 5.82 Å². The first-order valence-corrected chi connectivity index (χ1v) is 6.23. The summed E-state index contributed by atoms with van der Waals surface area (Å²) in [4.78, 5) is 17.5. The van der Waals surface area contributed by atoms with Gasteiger partial charge >= 0.3 is 5.97 Å². The molecule has 0 bridgehead atoms. The number of hydrogen-bond donors (Lipinski definition) is 0. The zero-order chi connectivity index (χ0) is 14.5. The van der Waals surface area contributed by atoms with Gasteiger partial charge in [0.2, 0.25) is 0 Å². The van der Waals surface area contributed by atoms with Gasteiger partial charge in [0.25, 0.3) is 0 Å². The highest BCUT2D eigenvalue weighted by Gasteiger charge is 2.12. The molecule has 0 spiro atoms. The molecule has 0 atom stereocenters. The Morgan fingerprint density at radius 3 is 2.90 bits per heavy atom. The molecule has 102 valence electrons. The minimum absolute atomic E-state index is 0.256. The van der Waals surface area contributed by atoms with Crippen LogP contribution in [0.15, 0.2) is 30.3 Å². The second kappa shape index (κ2) is 6.02. The molecule has 0 amide bonds. The molecule has 0 fully saturated rings. The molecule has 0 unspecified atom stereocenters. The number of fused-ring (bicyclic) bond motifs is 1. The Morgan fingerprint density at radius 1 is 1.45 bits per heavy atom. The number of methoxy groups -OCH3 is 1. The van der Waals surface area contributed by atoms with Gasteiger partial charge in [-0.15, -0.1) is 0 Å². The molecule has 20 heavy (non-hydrogen) atoms. The SMILES string of the molecule is COC(=O)CCN(C)c1nc2ccccc2cc1C#N. The maximum Gasteiger partial charge on any atom is 0.307 e. The zero-order valence-electron chi connectivity index (χ0n) is 11.5. The average Bonchev–Trinajstić information content (AvgIpc) is 2.50. The van der Waals surface area contributed by atoms with E-state index in [9.17, 15) is 10.1 Å². The van der Waals surface area contributed by atoms with Gasteiger partial charge in [-0.2, -0.15) is 5.26 Å². The minimum atomic E-state index is -0.281. The molecule has 0 radical (unpaired) electrons. The first-order valence-electron chi connectivity index (χ1n) is 6.23. The van der Waals surface area contributed by atoms with Crippen molar-refractivity contribution in [2.24, 2.45) is 0 Å². The van der Waals surface area contributed by atoms with Crippen LogP contribution in [0.5, 0.6) is 0 Å². The van der Waals surface area contributed by atoms with Gasteiger partial charge in [0.15, 0.2) is 0 Å². The molecule has 2 aromatic rings. The maximum atomic E-state index is 11.2. The van der Waals surface area contributed by atoms with Crippen molar-refractivity contribution in [2.75, 3.05) is 25.6 Å². The number of nitriles is 1. The third-order valence-corrected chi connectivity index (χ3v) is 3.06. The highest BCUT2D eigenvalue weighted by molar-refractivity contribution is 5.83. The molecular formula is C15H15N3O2. The van der Waals surface area contributed by atoms with Gasteiger partial charge in [-0.25, -0.2) is 4.98 Å². The second-order valence-corrected chi connectivity index (χ2v) is 4.41. The van der Waals surface area contributed by atoms with Gasteiger partial charge < -0.3 is 9.64 Å². The van der Waals surface area contributed by atoms with E-state index >= 15 is 0 Å². The van der Waals surface area contributed by atoms with Crippen molar-refractivity contribution in [1.29, 1.82) is 5.26 Å². The lowest BCUT2D eigenvalue weighted by atomic mass is 10.1. The molecule has 5 nitrogen and oxygen atoms in total. The smallest absolute Gasteiger partial charge is 0.307 e. The van der Waals surface area contributed by atoms with Crippen molar-refractivity contribution in [3.8, 4) is 6.07 Å². The third kappa shape index (κ3) is 2.86. The lowest BCUT2D eigenvalue weighted by molar-refractivity contribution is -0.140. The molecule has 2 rings (SSSR count). The summed E-state index contributed by atoms with van der Waals surface area (Å²) in [5.74, 6) is 0.297. The summed E-state index contributed by atoms with van der Waals surface area (Å²) >= 11 is 0. The molecule has 0 saturated heterocycles. The van der Waals surface area contributed by atoms with Crippen molar-refractivity contribution >= 4 is 22.7 Å². The van der Waals surface area contributed by atoms with E-state index in [2.05, 4.69) is 15.8 Å². The Bertz CT molecular complexity index is 676.